The molecule has 0 unspecified atom stereocenters. The van der Waals surface area contributed by atoms with Crippen molar-refractivity contribution in [2.75, 3.05) is 0 Å². The molecule has 18 heavy (non-hydrogen) atoms. The summed E-state index contributed by atoms with van der Waals surface area (Å²) in [6, 6.07) is 5.37. The Morgan fingerprint density at radius 3 is 2.89 bits per heavy atom. The molecule has 0 aliphatic rings. The van der Waals surface area contributed by atoms with Gasteiger partial charge in [0.2, 0.25) is 0 Å². The number of rotatable bonds is 3. The van der Waals surface area contributed by atoms with E-state index in [4.69, 9.17) is 16.7 Å². The molecule has 1 aromatic heterocycles. The summed E-state index contributed by atoms with van der Waals surface area (Å²) in [7, 11) is 0. The van der Waals surface area contributed by atoms with E-state index in [-0.39, 0.29) is 6.42 Å². The molecule has 1 N–H and O–H groups in total. The number of carboxylic acids is 1. The molecule has 94 valence electrons. The van der Waals surface area contributed by atoms with Gasteiger partial charge < -0.3 is 5.11 Å². The molecular weight excluding hydrogens is 321 g/mol. The van der Waals surface area contributed by atoms with Gasteiger partial charge in [-0.15, -0.1) is 5.10 Å². The lowest BCUT2D eigenvalue weighted by molar-refractivity contribution is -0.136. The smallest absolute Gasteiger partial charge is 0.309 e. The summed E-state index contributed by atoms with van der Waals surface area (Å²) in [4.78, 5) is 10.7. The fourth-order valence-electron chi connectivity index (χ4n) is 1.55. The van der Waals surface area contributed by atoms with Crippen LogP contribution >= 0.6 is 27.5 Å². The third-order valence-corrected chi connectivity index (χ3v) is 3.24. The van der Waals surface area contributed by atoms with E-state index in [0.717, 1.165) is 4.47 Å². The standard InChI is InChI=1S/C11H9BrClN3O2/c1-6-9(5-11(17)18)14-15-16(6)10-3-2-7(12)4-8(10)13/h2-4H,5H2,1H3,(H,17,18). The molecule has 2 aromatic rings. The first kappa shape index (κ1) is 13.0. The minimum Gasteiger partial charge on any atom is -0.481 e. The highest BCUT2D eigenvalue weighted by Gasteiger charge is 2.14. The molecule has 2 rings (SSSR count). The molecule has 0 aliphatic carbocycles. The van der Waals surface area contributed by atoms with Gasteiger partial charge in [0.15, 0.2) is 0 Å². The topological polar surface area (TPSA) is 68.0 Å². The Kier molecular flexibility index (Phi) is 3.68. The minimum atomic E-state index is -0.938. The first-order valence-corrected chi connectivity index (χ1v) is 6.24. The van der Waals surface area contributed by atoms with Crippen LogP contribution in [0, 0.1) is 6.92 Å². The van der Waals surface area contributed by atoms with E-state index in [1.54, 1.807) is 19.1 Å². The van der Waals surface area contributed by atoms with Gasteiger partial charge in [0, 0.05) is 4.47 Å². The Balaban J connectivity index is 2.45. The number of carboxylic acid groups (broad SMARTS) is 1. The maximum Gasteiger partial charge on any atom is 0.309 e. The molecular formula is C11H9BrClN3O2. The predicted molar refractivity (Wildman–Crippen MR) is 70.1 cm³/mol. The second kappa shape index (κ2) is 5.07. The molecule has 0 bridgehead atoms. The van der Waals surface area contributed by atoms with Crippen molar-refractivity contribution in [1.29, 1.82) is 0 Å². The number of nitrogens with zero attached hydrogens (tertiary/aromatic N) is 3. The molecule has 1 heterocycles. The Morgan fingerprint density at radius 1 is 1.56 bits per heavy atom. The van der Waals surface area contributed by atoms with Gasteiger partial charge in [-0.3, -0.25) is 4.79 Å². The Bertz CT molecular complexity index is 612. The van der Waals surface area contributed by atoms with E-state index < -0.39 is 5.97 Å². The van der Waals surface area contributed by atoms with Crippen molar-refractivity contribution in [2.24, 2.45) is 0 Å². The molecule has 0 atom stereocenters. The van der Waals surface area contributed by atoms with Gasteiger partial charge in [-0.25, -0.2) is 4.68 Å². The van der Waals surface area contributed by atoms with Crippen LogP contribution in [0.5, 0.6) is 0 Å². The van der Waals surface area contributed by atoms with Crippen LogP contribution in [0.15, 0.2) is 22.7 Å². The Hall–Kier alpha value is -1.40. The lowest BCUT2D eigenvalue weighted by Crippen LogP contribution is -2.04. The van der Waals surface area contributed by atoms with Crippen LogP contribution in [-0.4, -0.2) is 26.1 Å². The highest BCUT2D eigenvalue weighted by Crippen LogP contribution is 2.25. The van der Waals surface area contributed by atoms with E-state index in [0.29, 0.717) is 22.1 Å². The summed E-state index contributed by atoms with van der Waals surface area (Å²) in [5, 5.41) is 17.1. The predicted octanol–water partition coefficient (Wildman–Crippen LogP) is 2.62. The summed E-state index contributed by atoms with van der Waals surface area (Å²) >= 11 is 9.43. The van der Waals surface area contributed by atoms with Crippen molar-refractivity contribution < 1.29 is 9.90 Å². The van der Waals surface area contributed by atoms with Gasteiger partial charge >= 0.3 is 5.97 Å². The Morgan fingerprint density at radius 2 is 2.28 bits per heavy atom. The van der Waals surface area contributed by atoms with Crippen LogP contribution in [0.2, 0.25) is 5.02 Å². The quantitative estimate of drug-likeness (QED) is 0.939. The second-order valence-corrected chi connectivity index (χ2v) is 5.02. The molecule has 0 fully saturated rings. The summed E-state index contributed by atoms with van der Waals surface area (Å²) in [6.45, 7) is 1.76. The van der Waals surface area contributed by atoms with Crippen molar-refractivity contribution in [2.45, 2.75) is 13.3 Å². The van der Waals surface area contributed by atoms with Crippen molar-refractivity contribution in [3.8, 4) is 5.69 Å². The molecule has 5 nitrogen and oxygen atoms in total. The van der Waals surface area contributed by atoms with Gasteiger partial charge in [-0.1, -0.05) is 32.7 Å². The zero-order valence-corrected chi connectivity index (χ0v) is 11.7. The third kappa shape index (κ3) is 2.54. The molecule has 0 saturated heterocycles. The summed E-state index contributed by atoms with van der Waals surface area (Å²) in [6.07, 6.45) is -0.153. The number of hydrogen-bond donors (Lipinski definition) is 1. The number of aliphatic carboxylic acids is 1. The fraction of sp³-hybridized carbons (Fsp3) is 0.182. The highest BCUT2D eigenvalue weighted by atomic mass is 79.9. The molecule has 1 aromatic carbocycles. The minimum absolute atomic E-state index is 0.153. The monoisotopic (exact) mass is 329 g/mol. The molecule has 0 spiro atoms. The molecule has 0 amide bonds. The summed E-state index contributed by atoms with van der Waals surface area (Å²) in [5.74, 6) is -0.938. The zero-order chi connectivity index (χ0) is 13.3. The number of halogens is 2. The maximum atomic E-state index is 10.7. The van der Waals surface area contributed by atoms with Crippen LogP contribution in [0.3, 0.4) is 0 Å². The van der Waals surface area contributed by atoms with Crippen LogP contribution in [0.4, 0.5) is 0 Å². The van der Waals surface area contributed by atoms with E-state index in [9.17, 15) is 4.79 Å². The number of carbonyl (C=O) groups is 1. The van der Waals surface area contributed by atoms with Crippen LogP contribution in [-0.2, 0) is 11.2 Å². The Labute approximate surface area is 117 Å². The van der Waals surface area contributed by atoms with Crippen LogP contribution < -0.4 is 0 Å². The first-order valence-electron chi connectivity index (χ1n) is 5.07. The average molecular weight is 331 g/mol. The highest BCUT2D eigenvalue weighted by molar-refractivity contribution is 9.10. The molecule has 0 saturated carbocycles. The van der Waals surface area contributed by atoms with Crippen LogP contribution in [0.25, 0.3) is 5.69 Å². The lowest BCUT2D eigenvalue weighted by Gasteiger charge is -2.06. The van der Waals surface area contributed by atoms with Crippen molar-refractivity contribution in [3.63, 3.8) is 0 Å². The average Bonchev–Trinajstić information content (AvgIpc) is 2.60. The van der Waals surface area contributed by atoms with E-state index in [2.05, 4.69) is 26.2 Å². The van der Waals surface area contributed by atoms with Gasteiger partial charge in [-0.05, 0) is 25.1 Å². The van der Waals surface area contributed by atoms with E-state index in [1.165, 1.54) is 4.68 Å². The van der Waals surface area contributed by atoms with E-state index >= 15 is 0 Å². The normalized spacial score (nSPS) is 10.6. The number of benzene rings is 1. The van der Waals surface area contributed by atoms with Crippen molar-refractivity contribution >= 4 is 33.5 Å². The lowest BCUT2D eigenvalue weighted by atomic mass is 10.2. The summed E-state index contributed by atoms with van der Waals surface area (Å²) < 4.78 is 2.40. The van der Waals surface area contributed by atoms with Gasteiger partial charge in [0.25, 0.3) is 0 Å². The van der Waals surface area contributed by atoms with Gasteiger partial charge in [0.1, 0.15) is 0 Å². The number of aromatic nitrogens is 3. The fourth-order valence-corrected chi connectivity index (χ4v) is 2.30. The first-order chi connectivity index (χ1) is 8.49. The van der Waals surface area contributed by atoms with Gasteiger partial charge in [0.05, 0.1) is 28.5 Å². The van der Waals surface area contributed by atoms with Gasteiger partial charge in [-0.2, -0.15) is 0 Å². The number of hydrogen-bond acceptors (Lipinski definition) is 3. The maximum absolute atomic E-state index is 10.7. The van der Waals surface area contributed by atoms with Crippen molar-refractivity contribution in [3.05, 3.63) is 39.1 Å². The van der Waals surface area contributed by atoms with Crippen LogP contribution in [0.1, 0.15) is 11.4 Å². The third-order valence-electron chi connectivity index (χ3n) is 2.45. The van der Waals surface area contributed by atoms with E-state index in [1.807, 2.05) is 6.07 Å². The van der Waals surface area contributed by atoms with Crippen molar-refractivity contribution in [1.82, 2.24) is 15.0 Å². The molecule has 0 aliphatic heterocycles. The second-order valence-electron chi connectivity index (χ2n) is 3.70. The SMILES string of the molecule is Cc1c(CC(=O)O)nnn1-c1ccc(Br)cc1Cl. The molecule has 0 radical (unpaired) electrons. The largest absolute Gasteiger partial charge is 0.481 e. The summed E-state index contributed by atoms with van der Waals surface area (Å²) in [5.41, 5.74) is 1.77. The molecule has 7 heteroatoms. The zero-order valence-electron chi connectivity index (χ0n) is 9.39.